The highest BCUT2D eigenvalue weighted by molar-refractivity contribution is 9.10. The molecule has 0 N–H and O–H groups in total. The molecule has 3 heteroatoms. The fraction of sp³-hybridized carbons (Fsp3) is 0.235. The lowest BCUT2D eigenvalue weighted by molar-refractivity contribution is 0.718. The van der Waals surface area contributed by atoms with Crippen molar-refractivity contribution in [2.24, 2.45) is 4.99 Å². The van der Waals surface area contributed by atoms with E-state index in [-0.39, 0.29) is 6.04 Å². The molecule has 1 atom stereocenters. The smallest absolute Gasteiger partial charge is 0.0758 e. The Kier molecular flexibility index (Phi) is 3.95. The Labute approximate surface area is 132 Å². The van der Waals surface area contributed by atoms with Gasteiger partial charge in [0.2, 0.25) is 0 Å². The Balaban J connectivity index is 1.94. The van der Waals surface area contributed by atoms with Crippen LogP contribution in [0, 0.1) is 6.92 Å². The van der Waals surface area contributed by atoms with Crippen molar-refractivity contribution in [2.45, 2.75) is 25.8 Å². The molecular weight excluding hydrogens is 334 g/mol. The molecule has 3 rings (SSSR count). The Bertz CT molecular complexity index is 678. The zero-order chi connectivity index (χ0) is 14.1. The molecule has 1 nitrogen and oxygen atoms in total. The van der Waals surface area contributed by atoms with Crippen LogP contribution in [0.25, 0.3) is 0 Å². The van der Waals surface area contributed by atoms with Crippen LogP contribution in [0.2, 0.25) is 5.02 Å². The molecule has 0 aliphatic carbocycles. The number of hydrogen-bond donors (Lipinski definition) is 0. The van der Waals surface area contributed by atoms with E-state index in [1.807, 2.05) is 18.2 Å². The molecule has 0 fully saturated rings. The van der Waals surface area contributed by atoms with Crippen LogP contribution in [-0.4, -0.2) is 5.71 Å². The van der Waals surface area contributed by atoms with E-state index < -0.39 is 0 Å². The lowest BCUT2D eigenvalue weighted by Gasteiger charge is -2.10. The molecule has 20 heavy (non-hydrogen) atoms. The minimum Gasteiger partial charge on any atom is -0.281 e. The molecule has 0 bridgehead atoms. The van der Waals surface area contributed by atoms with E-state index in [0.29, 0.717) is 0 Å². The van der Waals surface area contributed by atoms with E-state index in [4.69, 9.17) is 16.6 Å². The van der Waals surface area contributed by atoms with Gasteiger partial charge in [0.1, 0.15) is 0 Å². The number of nitrogens with zero attached hydrogens (tertiary/aromatic N) is 1. The summed E-state index contributed by atoms with van der Waals surface area (Å²) in [6.45, 7) is 2.10. The monoisotopic (exact) mass is 347 g/mol. The van der Waals surface area contributed by atoms with Crippen molar-refractivity contribution >= 4 is 33.2 Å². The zero-order valence-corrected chi connectivity index (χ0v) is 13.6. The molecule has 0 saturated carbocycles. The minimum atomic E-state index is 0.259. The number of hydrogen-bond acceptors (Lipinski definition) is 1. The molecule has 1 heterocycles. The van der Waals surface area contributed by atoms with Crippen LogP contribution >= 0.6 is 27.5 Å². The Morgan fingerprint density at radius 3 is 2.75 bits per heavy atom. The molecule has 1 aliphatic rings. The van der Waals surface area contributed by atoms with E-state index in [0.717, 1.165) is 22.3 Å². The van der Waals surface area contributed by atoms with Gasteiger partial charge in [-0.15, -0.1) is 0 Å². The predicted octanol–water partition coefficient (Wildman–Crippen LogP) is 5.74. The van der Waals surface area contributed by atoms with Crippen molar-refractivity contribution in [3.8, 4) is 0 Å². The van der Waals surface area contributed by atoms with Gasteiger partial charge in [-0.3, -0.25) is 4.99 Å². The topological polar surface area (TPSA) is 12.4 Å². The van der Waals surface area contributed by atoms with E-state index in [2.05, 4.69) is 47.1 Å². The van der Waals surface area contributed by atoms with Crippen LogP contribution in [0.1, 0.15) is 35.6 Å². The van der Waals surface area contributed by atoms with Crippen LogP contribution in [-0.2, 0) is 0 Å². The molecule has 102 valence electrons. The number of halogens is 2. The quantitative estimate of drug-likeness (QED) is 0.656. The second kappa shape index (κ2) is 5.71. The zero-order valence-electron chi connectivity index (χ0n) is 11.2. The maximum Gasteiger partial charge on any atom is 0.0758 e. The van der Waals surface area contributed by atoms with Gasteiger partial charge in [0, 0.05) is 20.8 Å². The third-order valence-corrected chi connectivity index (χ3v) is 4.67. The maximum atomic E-state index is 6.03. The van der Waals surface area contributed by atoms with Crippen LogP contribution < -0.4 is 0 Å². The van der Waals surface area contributed by atoms with Gasteiger partial charge in [-0.1, -0.05) is 51.8 Å². The molecule has 0 radical (unpaired) electrons. The number of aryl methyl sites for hydroxylation is 1. The Morgan fingerprint density at radius 1 is 1.20 bits per heavy atom. The summed E-state index contributed by atoms with van der Waals surface area (Å²) in [6, 6.07) is 14.6. The van der Waals surface area contributed by atoms with Gasteiger partial charge in [0.15, 0.2) is 0 Å². The molecule has 0 spiro atoms. The van der Waals surface area contributed by atoms with Crippen LogP contribution in [0.4, 0.5) is 0 Å². The highest BCUT2D eigenvalue weighted by Crippen LogP contribution is 2.34. The number of aliphatic imine (C=N–C) groups is 1. The van der Waals surface area contributed by atoms with Gasteiger partial charge in [-0.2, -0.15) is 0 Å². The number of rotatable bonds is 2. The summed E-state index contributed by atoms with van der Waals surface area (Å²) in [5.41, 5.74) is 4.91. The molecule has 1 unspecified atom stereocenters. The largest absolute Gasteiger partial charge is 0.281 e. The summed E-state index contributed by atoms with van der Waals surface area (Å²) >= 11 is 9.64. The van der Waals surface area contributed by atoms with E-state index in [9.17, 15) is 0 Å². The first kappa shape index (κ1) is 13.8. The SMILES string of the molecule is Cc1cc(Cl)ccc1C1CCC(c2ccccc2Br)=N1. The van der Waals surface area contributed by atoms with Gasteiger partial charge in [0.05, 0.1) is 6.04 Å². The molecule has 0 saturated heterocycles. The molecule has 0 amide bonds. The molecule has 1 aliphatic heterocycles. The summed E-state index contributed by atoms with van der Waals surface area (Å²) in [4.78, 5) is 4.92. The average molecular weight is 349 g/mol. The summed E-state index contributed by atoms with van der Waals surface area (Å²) in [5, 5.41) is 0.791. The first-order valence-electron chi connectivity index (χ1n) is 6.73. The third-order valence-electron chi connectivity index (χ3n) is 3.74. The van der Waals surface area contributed by atoms with E-state index in [1.165, 1.54) is 22.4 Å². The van der Waals surface area contributed by atoms with Gasteiger partial charge in [-0.25, -0.2) is 0 Å². The van der Waals surface area contributed by atoms with Crippen LogP contribution in [0.5, 0.6) is 0 Å². The van der Waals surface area contributed by atoms with Gasteiger partial charge < -0.3 is 0 Å². The molecule has 0 aromatic heterocycles. The highest BCUT2D eigenvalue weighted by Gasteiger charge is 2.22. The fourth-order valence-corrected chi connectivity index (χ4v) is 3.47. The summed E-state index contributed by atoms with van der Waals surface area (Å²) in [5.74, 6) is 0. The van der Waals surface area contributed by atoms with Crippen LogP contribution in [0.15, 0.2) is 51.9 Å². The van der Waals surface area contributed by atoms with Gasteiger partial charge in [-0.05, 0) is 49.1 Å². The van der Waals surface area contributed by atoms with Crippen molar-refractivity contribution in [1.29, 1.82) is 0 Å². The maximum absolute atomic E-state index is 6.03. The first-order chi connectivity index (χ1) is 9.65. The first-order valence-corrected chi connectivity index (χ1v) is 7.90. The van der Waals surface area contributed by atoms with Crippen molar-refractivity contribution in [2.75, 3.05) is 0 Å². The van der Waals surface area contributed by atoms with Gasteiger partial charge >= 0.3 is 0 Å². The lowest BCUT2D eigenvalue weighted by atomic mass is 9.99. The van der Waals surface area contributed by atoms with Crippen molar-refractivity contribution in [1.82, 2.24) is 0 Å². The van der Waals surface area contributed by atoms with E-state index >= 15 is 0 Å². The fourth-order valence-electron chi connectivity index (χ4n) is 2.73. The van der Waals surface area contributed by atoms with Crippen molar-refractivity contribution in [3.63, 3.8) is 0 Å². The third kappa shape index (κ3) is 2.68. The number of benzene rings is 2. The second-order valence-corrected chi connectivity index (χ2v) is 6.40. The molecular formula is C17H15BrClN. The summed E-state index contributed by atoms with van der Waals surface area (Å²) < 4.78 is 1.12. The Morgan fingerprint density at radius 2 is 2.00 bits per heavy atom. The minimum absolute atomic E-state index is 0.259. The standard InChI is InChI=1S/C17H15BrClN/c1-11-10-12(19)6-7-13(11)16-8-9-17(20-16)14-4-2-3-5-15(14)18/h2-7,10,16H,8-9H2,1H3. The Hall–Kier alpha value is -1.12. The summed E-state index contributed by atoms with van der Waals surface area (Å²) in [7, 11) is 0. The molecule has 2 aromatic carbocycles. The van der Waals surface area contributed by atoms with Gasteiger partial charge in [0.25, 0.3) is 0 Å². The lowest BCUT2D eigenvalue weighted by Crippen LogP contribution is -1.96. The molecule has 2 aromatic rings. The average Bonchev–Trinajstić information content (AvgIpc) is 2.88. The van der Waals surface area contributed by atoms with Crippen molar-refractivity contribution < 1.29 is 0 Å². The summed E-state index contributed by atoms with van der Waals surface area (Å²) in [6.07, 6.45) is 2.09. The van der Waals surface area contributed by atoms with Crippen molar-refractivity contribution in [3.05, 3.63) is 68.7 Å². The predicted molar refractivity (Wildman–Crippen MR) is 88.8 cm³/mol. The normalized spacial score (nSPS) is 18.1. The van der Waals surface area contributed by atoms with E-state index in [1.54, 1.807) is 0 Å². The second-order valence-electron chi connectivity index (χ2n) is 5.11. The van der Waals surface area contributed by atoms with Crippen LogP contribution in [0.3, 0.4) is 0 Å². The highest BCUT2D eigenvalue weighted by atomic mass is 79.9.